The number of halogens is 5. The van der Waals surface area contributed by atoms with Crippen LogP contribution in [0.2, 0.25) is 5.02 Å². The first-order valence-corrected chi connectivity index (χ1v) is 26.6. The molecule has 3 saturated heterocycles. The van der Waals surface area contributed by atoms with E-state index in [-0.39, 0.29) is 102 Å². The summed E-state index contributed by atoms with van der Waals surface area (Å²) in [6, 6.07) is 10.8. The number of likely N-dealkylation sites (tertiary alicyclic amines) is 2. The van der Waals surface area contributed by atoms with Gasteiger partial charge in [-0.15, -0.1) is 0 Å². The van der Waals surface area contributed by atoms with E-state index < -0.39 is 87.2 Å². The Hall–Kier alpha value is -6.39. The first-order valence-electron chi connectivity index (χ1n) is 26.3. The molecule has 1 aliphatic carbocycles. The number of carbonyl (C=O) groups excluding carboxylic acids is 4. The molecule has 77 heavy (non-hydrogen) atoms. The van der Waals surface area contributed by atoms with Crippen LogP contribution >= 0.6 is 11.6 Å². The number of aryl methyl sites for hydroxylation is 1. The summed E-state index contributed by atoms with van der Waals surface area (Å²) in [7, 11) is 1.55. The maximum atomic E-state index is 16.4. The number of pyridine rings is 1. The number of aliphatic hydroxyl groups is 2. The van der Waals surface area contributed by atoms with Crippen molar-refractivity contribution in [2.45, 2.75) is 94.3 Å². The van der Waals surface area contributed by atoms with Gasteiger partial charge in [0.2, 0.25) is 5.91 Å². The number of nitrogens with two attached hydrogens (primary N) is 1. The standard InChI is InChI=1S/C55H62ClF4N9O8/c1-29-26-67(17-13-34(29)42-37(57)23-35-48(46(42)59)66(3)65-50(35)69-20-14-40(71)64-53(69)74)27-31-11-18-68(19-12-31)52(73)54(75)15-9-33(10-16-54)63-28-55(32-7-5-4-6-8-32)30(2)41-39(77-55)24-38(58)45(56)44(41)43-36(49(61)72)25-62-51(47(43)60)76-22-21-70/h4-8,23-25,29-31,33-34,63,70,75H,9-22,26-28H2,1-3H3,(H2,61,72)(H,64,71,74)/t29-,30+,33?,34+,54?,55+/m1/s1. The number of urea groups is 1. The maximum absolute atomic E-state index is 16.4. The second-order valence-electron chi connectivity index (χ2n) is 21.4. The van der Waals surface area contributed by atoms with Gasteiger partial charge < -0.3 is 40.5 Å². The number of ether oxygens (including phenoxy) is 2. The molecule has 4 atom stereocenters. The lowest BCUT2D eigenvalue weighted by Crippen LogP contribution is -2.55. The SMILES string of the molecule is C[C@@H]1CN(CC2CCN(C(=O)C3(O)CCC(NC[C@]4(c5ccccc5)Oc5cc(F)c(Cl)c(-c6c(C(N)=O)cnc(OCCO)c6F)c5[C@@H]4C)CC3)CC2)CC[C@@H]1c1c(F)cc2c(N3CCC(=O)NC3=O)nn(C)c2c1F. The van der Waals surface area contributed by atoms with Gasteiger partial charge in [-0.1, -0.05) is 55.8 Å². The van der Waals surface area contributed by atoms with Gasteiger partial charge in [-0.3, -0.25) is 29.3 Å². The van der Waals surface area contributed by atoms with E-state index in [0.29, 0.717) is 56.6 Å². The molecule has 410 valence electrons. The number of aliphatic hydroxyl groups excluding tert-OH is 1. The van der Waals surface area contributed by atoms with E-state index in [0.717, 1.165) is 31.6 Å². The Kier molecular flexibility index (Phi) is 15.0. The molecule has 1 saturated carbocycles. The fourth-order valence-electron chi connectivity index (χ4n) is 12.6. The lowest BCUT2D eigenvalue weighted by atomic mass is 9.76. The van der Waals surface area contributed by atoms with Crippen molar-refractivity contribution in [1.82, 2.24) is 35.2 Å². The van der Waals surface area contributed by atoms with Crippen molar-refractivity contribution in [1.29, 1.82) is 0 Å². The zero-order valence-electron chi connectivity index (χ0n) is 43.0. The summed E-state index contributed by atoms with van der Waals surface area (Å²) in [4.78, 5) is 60.4. The van der Waals surface area contributed by atoms with Gasteiger partial charge in [0, 0.05) is 99.2 Å². The number of hydrogen-bond donors (Lipinski definition) is 5. The van der Waals surface area contributed by atoms with Crippen molar-refractivity contribution in [3.8, 4) is 22.8 Å². The van der Waals surface area contributed by atoms with Crippen molar-refractivity contribution < 1.29 is 56.4 Å². The fraction of sp³-hybridized carbons (Fsp3) is 0.491. The summed E-state index contributed by atoms with van der Waals surface area (Å²) in [6.07, 6.45) is 4.40. The number of fused-ring (bicyclic) bond motifs is 2. The minimum atomic E-state index is -1.56. The summed E-state index contributed by atoms with van der Waals surface area (Å²) in [5, 5.41) is 31.2. The molecule has 3 aromatic carbocycles. The summed E-state index contributed by atoms with van der Waals surface area (Å²) >= 11 is 6.69. The van der Waals surface area contributed by atoms with E-state index in [4.69, 9.17) is 26.8 Å². The van der Waals surface area contributed by atoms with Gasteiger partial charge in [0.1, 0.15) is 35.1 Å². The highest BCUT2D eigenvalue weighted by molar-refractivity contribution is 6.34. The van der Waals surface area contributed by atoms with E-state index in [1.165, 1.54) is 15.6 Å². The Bertz CT molecular complexity index is 3130. The van der Waals surface area contributed by atoms with Gasteiger partial charge in [0.25, 0.3) is 17.7 Å². The van der Waals surface area contributed by atoms with Crippen LogP contribution in [0, 0.1) is 35.1 Å². The molecule has 0 unspecified atom stereocenters. The molecular formula is C55H62ClF4N9O8. The predicted molar refractivity (Wildman–Crippen MR) is 276 cm³/mol. The molecule has 6 heterocycles. The first-order chi connectivity index (χ1) is 36.8. The van der Waals surface area contributed by atoms with Gasteiger partial charge in [0.05, 0.1) is 22.6 Å². The maximum Gasteiger partial charge on any atom is 0.329 e. The second kappa shape index (κ2) is 21.4. The minimum absolute atomic E-state index is 0.00857. The summed E-state index contributed by atoms with van der Waals surface area (Å²) in [5.74, 6) is -6.45. The van der Waals surface area contributed by atoms with E-state index in [2.05, 4.69) is 25.6 Å². The Morgan fingerprint density at radius 3 is 2.36 bits per heavy atom. The van der Waals surface area contributed by atoms with Gasteiger partial charge in [-0.05, 0) is 80.9 Å². The average Bonchev–Trinajstić information content (AvgIpc) is 3.88. The third kappa shape index (κ3) is 9.86. The molecule has 0 radical (unpaired) electrons. The number of amides is 5. The molecule has 5 aliphatic rings. The molecule has 0 bridgehead atoms. The highest BCUT2D eigenvalue weighted by Crippen LogP contribution is 2.56. The number of benzene rings is 3. The van der Waals surface area contributed by atoms with Crippen LogP contribution in [-0.4, -0.2) is 129 Å². The molecule has 22 heteroatoms. The van der Waals surface area contributed by atoms with Gasteiger partial charge in [0.15, 0.2) is 23.1 Å². The van der Waals surface area contributed by atoms with Gasteiger partial charge >= 0.3 is 6.03 Å². The van der Waals surface area contributed by atoms with E-state index in [9.17, 15) is 29.4 Å². The quantitative estimate of drug-likeness (QED) is 0.0728. The van der Waals surface area contributed by atoms with Crippen LogP contribution in [0.4, 0.5) is 28.2 Å². The second-order valence-corrected chi connectivity index (χ2v) is 21.8. The molecule has 17 nitrogen and oxygen atoms in total. The number of nitrogens with one attached hydrogen (secondary N) is 2. The van der Waals surface area contributed by atoms with Crippen LogP contribution in [0.5, 0.6) is 11.6 Å². The Labute approximate surface area is 447 Å². The number of aromatic nitrogens is 3. The number of nitrogens with zero attached hydrogens (tertiary/aromatic N) is 6. The third-order valence-corrected chi connectivity index (χ3v) is 17.1. The molecule has 10 rings (SSSR count). The molecule has 6 N–H and O–H groups in total. The minimum Gasteiger partial charge on any atom is -0.480 e. The predicted octanol–water partition coefficient (Wildman–Crippen LogP) is 6.78. The zero-order valence-corrected chi connectivity index (χ0v) is 43.8. The van der Waals surface area contributed by atoms with Crippen LogP contribution in [-0.2, 0) is 22.2 Å². The van der Waals surface area contributed by atoms with E-state index in [1.54, 1.807) is 11.9 Å². The molecule has 4 fully saturated rings. The number of primary amides is 1. The average molecular weight is 1090 g/mol. The lowest BCUT2D eigenvalue weighted by Gasteiger charge is -2.43. The molecule has 5 amide bonds. The topological polar surface area (TPSA) is 218 Å². The zero-order chi connectivity index (χ0) is 54.7. The number of rotatable bonds is 14. The molecule has 4 aliphatic heterocycles. The fourth-order valence-corrected chi connectivity index (χ4v) is 12.9. The van der Waals surface area contributed by atoms with Crippen molar-refractivity contribution >= 4 is 52.1 Å². The number of hydrogen-bond acceptors (Lipinski definition) is 12. The monoisotopic (exact) mass is 1090 g/mol. The number of piperidine rings is 2. The van der Waals surface area contributed by atoms with Crippen LogP contribution in [0.15, 0.2) is 48.7 Å². The Morgan fingerprint density at radius 2 is 1.69 bits per heavy atom. The summed E-state index contributed by atoms with van der Waals surface area (Å²) in [6.45, 7) is 6.29. The van der Waals surface area contributed by atoms with Crippen molar-refractivity contribution in [2.24, 2.45) is 24.6 Å². The number of imide groups is 1. The van der Waals surface area contributed by atoms with Crippen molar-refractivity contribution in [2.75, 3.05) is 63.9 Å². The molecule has 2 aromatic heterocycles. The van der Waals surface area contributed by atoms with Gasteiger partial charge in [-0.25, -0.2) is 27.3 Å². The normalized spacial score (nSPS) is 25.2. The Morgan fingerprint density at radius 1 is 0.961 bits per heavy atom. The van der Waals surface area contributed by atoms with Gasteiger partial charge in [-0.2, -0.15) is 5.10 Å². The molecular weight excluding hydrogens is 1030 g/mol. The Balaban J connectivity index is 0.758. The summed E-state index contributed by atoms with van der Waals surface area (Å²) in [5.41, 5.74) is 3.14. The highest BCUT2D eigenvalue weighted by Gasteiger charge is 2.51. The molecule has 5 aromatic rings. The van der Waals surface area contributed by atoms with Crippen LogP contribution < -0.4 is 30.7 Å². The third-order valence-electron chi connectivity index (χ3n) is 16.7. The smallest absolute Gasteiger partial charge is 0.329 e. The first kappa shape index (κ1) is 54.0. The van der Waals surface area contributed by atoms with Crippen LogP contribution in [0.1, 0.15) is 104 Å². The number of carbonyl (C=O) groups is 4. The van der Waals surface area contributed by atoms with Crippen LogP contribution in [0.25, 0.3) is 22.0 Å². The summed E-state index contributed by atoms with van der Waals surface area (Å²) < 4.78 is 78.2. The van der Waals surface area contributed by atoms with E-state index in [1.807, 2.05) is 44.2 Å². The lowest BCUT2D eigenvalue weighted by molar-refractivity contribution is -0.156. The van der Waals surface area contributed by atoms with Crippen molar-refractivity contribution in [3.05, 3.63) is 99.2 Å². The van der Waals surface area contributed by atoms with E-state index >= 15 is 17.6 Å². The van der Waals surface area contributed by atoms with Crippen molar-refractivity contribution in [3.63, 3.8) is 0 Å². The highest BCUT2D eigenvalue weighted by atomic mass is 35.5. The number of anilines is 1. The largest absolute Gasteiger partial charge is 0.480 e. The molecule has 0 spiro atoms. The van der Waals surface area contributed by atoms with Crippen LogP contribution in [0.3, 0.4) is 0 Å².